The van der Waals surface area contributed by atoms with E-state index in [-0.39, 0.29) is 12.5 Å². The number of nitrogens with zero attached hydrogens (tertiary/aromatic N) is 1. The van der Waals surface area contributed by atoms with E-state index in [1.54, 1.807) is 19.2 Å². The molecule has 1 saturated carbocycles. The number of carbonyl (C=O) groups is 1. The Balaban J connectivity index is 1.61. The molecule has 1 aliphatic carbocycles. The zero-order chi connectivity index (χ0) is 20.4. The van der Waals surface area contributed by atoms with Gasteiger partial charge in [-0.1, -0.05) is 17.7 Å². The third-order valence-corrected chi connectivity index (χ3v) is 5.34. The molecule has 1 aliphatic rings. The number of ether oxygens (including phenoxy) is 2. The van der Waals surface area contributed by atoms with Crippen LogP contribution >= 0.6 is 11.6 Å². The molecule has 152 valence electrons. The number of primary amides is 1. The first-order valence-corrected chi connectivity index (χ1v) is 10.1. The van der Waals surface area contributed by atoms with Crippen molar-refractivity contribution in [1.82, 2.24) is 4.98 Å². The number of benzene rings is 2. The van der Waals surface area contributed by atoms with Gasteiger partial charge in [-0.05, 0) is 55.5 Å². The van der Waals surface area contributed by atoms with Crippen molar-refractivity contribution in [3.63, 3.8) is 0 Å². The number of carbonyl (C=O) groups excluding carboxylic acids is 1. The normalized spacial score (nSPS) is 14.4. The van der Waals surface area contributed by atoms with E-state index >= 15 is 0 Å². The molecule has 0 aliphatic heterocycles. The molecule has 2 aromatic carbocycles. The van der Waals surface area contributed by atoms with Crippen LogP contribution in [0.1, 0.15) is 42.7 Å². The number of nitrogens with two attached hydrogens (primary N) is 1. The zero-order valence-electron chi connectivity index (χ0n) is 16.2. The first-order chi connectivity index (χ1) is 14.0. The molecule has 7 heteroatoms. The summed E-state index contributed by atoms with van der Waals surface area (Å²) in [5, 5.41) is 0.491. The fourth-order valence-electron chi connectivity index (χ4n) is 3.79. The fraction of sp³-hybridized carbons (Fsp3) is 0.364. The van der Waals surface area contributed by atoms with Crippen LogP contribution in [0.15, 0.2) is 34.7 Å². The highest BCUT2D eigenvalue weighted by Crippen LogP contribution is 2.33. The molecular weight excluding hydrogens is 392 g/mol. The van der Waals surface area contributed by atoms with E-state index in [9.17, 15) is 4.79 Å². The summed E-state index contributed by atoms with van der Waals surface area (Å²) in [6.07, 6.45) is 5.31. The highest BCUT2D eigenvalue weighted by Gasteiger charge is 2.19. The lowest BCUT2D eigenvalue weighted by molar-refractivity contribution is -0.117. The molecule has 1 aromatic heterocycles. The van der Waals surface area contributed by atoms with Crippen molar-refractivity contribution in [3.8, 4) is 11.5 Å². The second-order valence-corrected chi connectivity index (χ2v) is 7.79. The minimum absolute atomic E-state index is 0.0492. The predicted molar refractivity (Wildman–Crippen MR) is 111 cm³/mol. The number of oxazole rings is 1. The average molecular weight is 415 g/mol. The highest BCUT2D eigenvalue weighted by atomic mass is 35.5. The summed E-state index contributed by atoms with van der Waals surface area (Å²) < 4.78 is 17.6. The van der Waals surface area contributed by atoms with Crippen LogP contribution in [0.4, 0.5) is 0 Å². The minimum Gasteiger partial charge on any atom is -0.493 e. The Bertz CT molecular complexity index is 1040. The third kappa shape index (κ3) is 4.48. The Kier molecular flexibility index (Phi) is 5.62. The Morgan fingerprint density at radius 3 is 2.76 bits per heavy atom. The molecule has 1 heterocycles. The SMILES string of the molecule is COc1ccc(Cc2nc3cc(Cl)cc(CC(N)=O)c3o2)cc1OC1CCCC1. The number of hydrogen-bond acceptors (Lipinski definition) is 5. The maximum atomic E-state index is 11.4. The standard InChI is InChI=1S/C22H23ClN2O4/c1-27-18-7-6-13(8-19(18)28-16-4-2-3-5-16)9-21-25-17-12-15(23)10-14(11-20(24)26)22(17)29-21/h6-8,10,12,16H,2-5,9,11H2,1H3,(H2,24,26). The van der Waals surface area contributed by atoms with Crippen molar-refractivity contribution in [2.24, 2.45) is 5.73 Å². The van der Waals surface area contributed by atoms with Gasteiger partial charge in [-0.3, -0.25) is 4.79 Å². The molecule has 3 aromatic rings. The first-order valence-electron chi connectivity index (χ1n) is 9.71. The summed E-state index contributed by atoms with van der Waals surface area (Å²) in [5.74, 6) is 1.54. The largest absolute Gasteiger partial charge is 0.493 e. The number of hydrogen-bond donors (Lipinski definition) is 1. The van der Waals surface area contributed by atoms with Crippen molar-refractivity contribution >= 4 is 28.6 Å². The third-order valence-electron chi connectivity index (χ3n) is 5.12. The monoisotopic (exact) mass is 414 g/mol. The molecular formula is C22H23ClN2O4. The van der Waals surface area contributed by atoms with Gasteiger partial charge in [0.1, 0.15) is 5.52 Å². The molecule has 1 amide bonds. The van der Waals surface area contributed by atoms with Crippen LogP contribution in [-0.2, 0) is 17.6 Å². The van der Waals surface area contributed by atoms with E-state index in [1.165, 1.54) is 12.8 Å². The molecule has 29 heavy (non-hydrogen) atoms. The van der Waals surface area contributed by atoms with Gasteiger partial charge < -0.3 is 19.6 Å². The van der Waals surface area contributed by atoms with E-state index in [2.05, 4.69) is 4.98 Å². The van der Waals surface area contributed by atoms with Crippen LogP contribution in [0.25, 0.3) is 11.1 Å². The van der Waals surface area contributed by atoms with Crippen molar-refractivity contribution in [1.29, 1.82) is 0 Å². The molecule has 0 saturated heterocycles. The highest BCUT2D eigenvalue weighted by molar-refractivity contribution is 6.31. The zero-order valence-corrected chi connectivity index (χ0v) is 17.0. The summed E-state index contributed by atoms with van der Waals surface area (Å²) in [7, 11) is 1.64. The number of methoxy groups -OCH3 is 1. The second kappa shape index (κ2) is 8.33. The summed E-state index contributed by atoms with van der Waals surface area (Å²) in [5.41, 5.74) is 8.12. The van der Waals surface area contributed by atoms with Gasteiger partial charge >= 0.3 is 0 Å². The number of aromatic nitrogens is 1. The maximum absolute atomic E-state index is 11.4. The summed E-state index contributed by atoms with van der Waals surface area (Å²) in [6, 6.07) is 9.25. The summed E-state index contributed by atoms with van der Waals surface area (Å²) >= 11 is 6.15. The van der Waals surface area contributed by atoms with Crippen molar-refractivity contribution in [2.75, 3.05) is 7.11 Å². The van der Waals surface area contributed by atoms with Gasteiger partial charge in [0.25, 0.3) is 0 Å². The second-order valence-electron chi connectivity index (χ2n) is 7.35. The number of fused-ring (bicyclic) bond motifs is 1. The molecule has 6 nitrogen and oxygen atoms in total. The van der Waals surface area contributed by atoms with E-state index in [1.807, 2.05) is 18.2 Å². The number of amides is 1. The summed E-state index contributed by atoms with van der Waals surface area (Å²) in [4.78, 5) is 15.9. The fourth-order valence-corrected chi connectivity index (χ4v) is 4.02. The van der Waals surface area contributed by atoms with Gasteiger partial charge in [-0.15, -0.1) is 0 Å². The van der Waals surface area contributed by atoms with Gasteiger partial charge in [0.15, 0.2) is 23.0 Å². The van der Waals surface area contributed by atoms with E-state index in [0.717, 1.165) is 24.2 Å². The van der Waals surface area contributed by atoms with Gasteiger partial charge in [0, 0.05) is 17.0 Å². The average Bonchev–Trinajstić information content (AvgIpc) is 3.31. The lowest BCUT2D eigenvalue weighted by Crippen LogP contribution is -2.13. The quantitative estimate of drug-likeness (QED) is 0.617. The predicted octanol–water partition coefficient (Wildman–Crippen LogP) is 4.43. The number of halogens is 1. The van der Waals surface area contributed by atoms with Crippen molar-refractivity contribution in [2.45, 2.75) is 44.6 Å². The van der Waals surface area contributed by atoms with Crippen molar-refractivity contribution < 1.29 is 18.7 Å². The first kappa shape index (κ1) is 19.6. The molecule has 1 fully saturated rings. The maximum Gasteiger partial charge on any atom is 0.221 e. The van der Waals surface area contributed by atoms with E-state index in [4.69, 9.17) is 31.2 Å². The Morgan fingerprint density at radius 2 is 2.03 bits per heavy atom. The minimum atomic E-state index is -0.449. The molecule has 0 spiro atoms. The van der Waals surface area contributed by atoms with E-state index in [0.29, 0.717) is 39.7 Å². The molecule has 0 bridgehead atoms. The van der Waals surface area contributed by atoms with E-state index < -0.39 is 5.91 Å². The Labute approximate surface area is 173 Å². The smallest absolute Gasteiger partial charge is 0.221 e. The number of rotatable bonds is 7. The van der Waals surface area contributed by atoms with Crippen LogP contribution in [0.3, 0.4) is 0 Å². The molecule has 4 rings (SSSR count). The Hall–Kier alpha value is -2.73. The van der Waals surface area contributed by atoms with Crippen LogP contribution in [0, 0.1) is 0 Å². The Morgan fingerprint density at radius 1 is 1.24 bits per heavy atom. The van der Waals surface area contributed by atoms with Crippen molar-refractivity contribution in [3.05, 3.63) is 52.4 Å². The van der Waals surface area contributed by atoms with Crippen LogP contribution in [0.5, 0.6) is 11.5 Å². The van der Waals surface area contributed by atoms with Crippen LogP contribution in [0.2, 0.25) is 5.02 Å². The lowest BCUT2D eigenvalue weighted by Gasteiger charge is -2.16. The van der Waals surface area contributed by atoms with Crippen LogP contribution in [-0.4, -0.2) is 24.1 Å². The molecule has 2 N–H and O–H groups in total. The van der Waals surface area contributed by atoms with Gasteiger partial charge in [-0.2, -0.15) is 0 Å². The molecule has 0 radical (unpaired) electrons. The molecule has 0 atom stereocenters. The van der Waals surface area contributed by atoms with Crippen LogP contribution < -0.4 is 15.2 Å². The lowest BCUT2D eigenvalue weighted by atomic mass is 10.1. The topological polar surface area (TPSA) is 87.6 Å². The van der Waals surface area contributed by atoms with Gasteiger partial charge in [0.05, 0.1) is 19.6 Å². The van der Waals surface area contributed by atoms with Gasteiger partial charge in [0.2, 0.25) is 5.91 Å². The molecule has 0 unspecified atom stereocenters. The summed E-state index contributed by atoms with van der Waals surface area (Å²) in [6.45, 7) is 0. The van der Waals surface area contributed by atoms with Gasteiger partial charge in [-0.25, -0.2) is 4.98 Å².